The molecule has 7 heteroatoms. The highest BCUT2D eigenvalue weighted by Crippen LogP contribution is 2.35. The summed E-state index contributed by atoms with van der Waals surface area (Å²) in [6.07, 6.45) is 7.68. The first-order valence-electron chi connectivity index (χ1n) is 11.7. The Morgan fingerprint density at radius 3 is 2.39 bits per heavy atom. The number of hydrogen-bond acceptors (Lipinski definition) is 3. The third-order valence-corrected chi connectivity index (χ3v) is 6.57. The van der Waals surface area contributed by atoms with Gasteiger partial charge in [-0.15, -0.1) is 0 Å². The van der Waals surface area contributed by atoms with Gasteiger partial charge in [0.1, 0.15) is 0 Å². The largest absolute Gasteiger partial charge is 0.490 e. The van der Waals surface area contributed by atoms with Gasteiger partial charge in [-0.25, -0.2) is 0 Å². The molecule has 0 saturated carbocycles. The molecule has 4 nitrogen and oxygen atoms in total. The van der Waals surface area contributed by atoms with Crippen molar-refractivity contribution in [1.82, 2.24) is 4.90 Å². The van der Waals surface area contributed by atoms with Gasteiger partial charge < -0.3 is 14.4 Å². The smallest absolute Gasteiger partial charge is 0.254 e. The number of rotatable bonds is 12. The van der Waals surface area contributed by atoms with Gasteiger partial charge in [-0.2, -0.15) is 0 Å². The molecule has 0 N–H and O–H groups in total. The van der Waals surface area contributed by atoms with Gasteiger partial charge in [0, 0.05) is 30.3 Å². The first kappa shape index (κ1) is 26.2. The van der Waals surface area contributed by atoms with E-state index in [0.717, 1.165) is 37.9 Å². The van der Waals surface area contributed by atoms with E-state index in [9.17, 15) is 4.79 Å². The van der Waals surface area contributed by atoms with E-state index in [4.69, 9.17) is 44.3 Å². The second-order valence-corrected chi connectivity index (χ2v) is 9.73. The van der Waals surface area contributed by atoms with Crippen LogP contribution in [0.2, 0.25) is 15.1 Å². The quantitative estimate of drug-likeness (QED) is 0.272. The minimum absolute atomic E-state index is 0.0301. The van der Waals surface area contributed by atoms with Crippen LogP contribution in [0, 0.1) is 0 Å². The van der Waals surface area contributed by atoms with Gasteiger partial charge in [-0.1, -0.05) is 79.5 Å². The van der Waals surface area contributed by atoms with E-state index in [2.05, 4.69) is 6.92 Å². The second-order valence-electron chi connectivity index (χ2n) is 8.48. The standard InChI is InChI=1S/C26H32Cl3NO3/c1-2-3-4-5-6-13-33-25-23(28)15-20(16-24(25)29)26(31)30(18-22-8-7-14-32-22)17-19-9-11-21(27)12-10-19/h9-12,15-16,22H,2-8,13-14,17-18H2,1H3. The topological polar surface area (TPSA) is 38.8 Å². The molecule has 33 heavy (non-hydrogen) atoms. The van der Waals surface area contributed by atoms with Crippen LogP contribution in [0.4, 0.5) is 0 Å². The monoisotopic (exact) mass is 511 g/mol. The van der Waals surface area contributed by atoms with E-state index in [0.29, 0.717) is 46.1 Å². The Kier molecular flexibility index (Phi) is 10.6. The highest BCUT2D eigenvalue weighted by Gasteiger charge is 2.25. The molecule has 2 aromatic rings. The minimum atomic E-state index is -0.143. The maximum atomic E-state index is 13.5. The molecule has 0 bridgehead atoms. The molecule has 2 aromatic carbocycles. The molecule has 1 unspecified atom stereocenters. The average molecular weight is 513 g/mol. The highest BCUT2D eigenvalue weighted by molar-refractivity contribution is 6.37. The molecule has 1 saturated heterocycles. The van der Waals surface area contributed by atoms with Gasteiger partial charge in [0.2, 0.25) is 0 Å². The van der Waals surface area contributed by atoms with Crippen LogP contribution < -0.4 is 4.74 Å². The van der Waals surface area contributed by atoms with Crippen molar-refractivity contribution in [3.8, 4) is 5.75 Å². The predicted octanol–water partition coefficient (Wildman–Crippen LogP) is 7.82. The maximum Gasteiger partial charge on any atom is 0.254 e. The van der Waals surface area contributed by atoms with Crippen LogP contribution in [0.3, 0.4) is 0 Å². The number of nitrogens with zero attached hydrogens (tertiary/aromatic N) is 1. The molecule has 1 aliphatic heterocycles. The van der Waals surface area contributed by atoms with Gasteiger partial charge >= 0.3 is 0 Å². The predicted molar refractivity (Wildman–Crippen MR) is 136 cm³/mol. The highest BCUT2D eigenvalue weighted by atomic mass is 35.5. The van der Waals surface area contributed by atoms with E-state index < -0.39 is 0 Å². The van der Waals surface area contributed by atoms with Crippen molar-refractivity contribution < 1.29 is 14.3 Å². The number of amides is 1. The number of carbonyl (C=O) groups excluding carboxylic acids is 1. The van der Waals surface area contributed by atoms with Gasteiger partial charge in [0.05, 0.1) is 22.8 Å². The van der Waals surface area contributed by atoms with Gasteiger partial charge in [-0.3, -0.25) is 4.79 Å². The number of unbranched alkanes of at least 4 members (excludes halogenated alkanes) is 4. The molecule has 1 heterocycles. The van der Waals surface area contributed by atoms with Crippen molar-refractivity contribution in [2.45, 2.75) is 64.5 Å². The van der Waals surface area contributed by atoms with Gasteiger partial charge in [0.25, 0.3) is 5.91 Å². The van der Waals surface area contributed by atoms with Gasteiger partial charge in [-0.05, 0) is 49.1 Å². The summed E-state index contributed by atoms with van der Waals surface area (Å²) in [7, 11) is 0. The van der Waals surface area contributed by atoms with Crippen LogP contribution in [0.25, 0.3) is 0 Å². The zero-order valence-corrected chi connectivity index (χ0v) is 21.4. The van der Waals surface area contributed by atoms with Crippen LogP contribution >= 0.6 is 34.8 Å². The molecule has 0 aromatic heterocycles. The number of carbonyl (C=O) groups is 1. The Balaban J connectivity index is 1.70. The molecule has 1 fully saturated rings. The zero-order valence-electron chi connectivity index (χ0n) is 19.1. The molecule has 180 valence electrons. The number of hydrogen-bond donors (Lipinski definition) is 0. The summed E-state index contributed by atoms with van der Waals surface area (Å²) in [4.78, 5) is 15.3. The summed E-state index contributed by atoms with van der Waals surface area (Å²) in [5, 5.41) is 1.36. The molecule has 1 amide bonds. The number of ether oxygens (including phenoxy) is 2. The van der Waals surface area contributed by atoms with Crippen molar-refractivity contribution in [3.05, 3.63) is 62.6 Å². The average Bonchev–Trinajstić information content (AvgIpc) is 3.31. The summed E-state index contributed by atoms with van der Waals surface area (Å²) >= 11 is 19.0. The van der Waals surface area contributed by atoms with Gasteiger partial charge in [0.15, 0.2) is 5.75 Å². The van der Waals surface area contributed by atoms with Crippen molar-refractivity contribution in [2.75, 3.05) is 19.8 Å². The molecule has 3 rings (SSSR count). The Labute approximate surface area is 212 Å². The third-order valence-electron chi connectivity index (χ3n) is 5.76. The SMILES string of the molecule is CCCCCCCOc1c(Cl)cc(C(=O)N(Cc2ccc(Cl)cc2)CC2CCCO2)cc1Cl. The maximum absolute atomic E-state index is 13.5. The Bertz CT molecular complexity index is 875. The molecule has 0 radical (unpaired) electrons. The summed E-state index contributed by atoms with van der Waals surface area (Å²) < 4.78 is 11.6. The lowest BCUT2D eigenvalue weighted by atomic mass is 10.1. The van der Waals surface area contributed by atoms with Crippen molar-refractivity contribution in [2.24, 2.45) is 0 Å². The zero-order chi connectivity index (χ0) is 23.6. The summed E-state index contributed by atoms with van der Waals surface area (Å²) in [5.74, 6) is 0.295. The summed E-state index contributed by atoms with van der Waals surface area (Å²) in [6.45, 7) is 4.43. The summed E-state index contributed by atoms with van der Waals surface area (Å²) in [5.41, 5.74) is 1.43. The molecular formula is C26H32Cl3NO3. The van der Waals surface area contributed by atoms with Crippen LogP contribution in [0.1, 0.15) is 67.8 Å². The van der Waals surface area contributed by atoms with Crippen LogP contribution in [0.5, 0.6) is 5.75 Å². The van der Waals surface area contributed by atoms with E-state index >= 15 is 0 Å². The first-order chi connectivity index (χ1) is 16.0. The molecule has 0 aliphatic carbocycles. The fourth-order valence-electron chi connectivity index (χ4n) is 3.95. The fraction of sp³-hybridized carbons (Fsp3) is 0.500. The van der Waals surface area contributed by atoms with Crippen molar-refractivity contribution in [1.29, 1.82) is 0 Å². The third kappa shape index (κ3) is 8.06. The van der Waals surface area contributed by atoms with Crippen molar-refractivity contribution in [3.63, 3.8) is 0 Å². The van der Waals surface area contributed by atoms with E-state index in [1.54, 1.807) is 17.0 Å². The van der Waals surface area contributed by atoms with Crippen molar-refractivity contribution >= 4 is 40.7 Å². The van der Waals surface area contributed by atoms with Crippen LogP contribution in [-0.4, -0.2) is 36.7 Å². The molecule has 1 atom stereocenters. The normalized spacial score (nSPS) is 15.6. The number of halogens is 3. The summed E-state index contributed by atoms with van der Waals surface area (Å²) in [6, 6.07) is 10.8. The minimum Gasteiger partial charge on any atom is -0.490 e. The number of benzene rings is 2. The van der Waals surface area contributed by atoms with Crippen LogP contribution in [0.15, 0.2) is 36.4 Å². The van der Waals surface area contributed by atoms with E-state index in [1.807, 2.05) is 24.3 Å². The van der Waals surface area contributed by atoms with E-state index in [-0.39, 0.29) is 12.0 Å². The molecular weight excluding hydrogens is 481 g/mol. The lowest BCUT2D eigenvalue weighted by molar-refractivity contribution is 0.0507. The van der Waals surface area contributed by atoms with Crippen LogP contribution in [-0.2, 0) is 11.3 Å². The molecule has 0 spiro atoms. The Morgan fingerprint density at radius 1 is 1.06 bits per heavy atom. The molecule has 1 aliphatic rings. The Morgan fingerprint density at radius 2 is 1.76 bits per heavy atom. The lowest BCUT2D eigenvalue weighted by Crippen LogP contribution is -2.37. The second kappa shape index (κ2) is 13.4. The Hall–Kier alpha value is -1.46. The fourth-order valence-corrected chi connectivity index (χ4v) is 4.67. The lowest BCUT2D eigenvalue weighted by Gasteiger charge is -2.26. The first-order valence-corrected chi connectivity index (χ1v) is 12.9. The van der Waals surface area contributed by atoms with E-state index in [1.165, 1.54) is 19.3 Å².